The second kappa shape index (κ2) is 6.75. The zero-order valence-electron chi connectivity index (χ0n) is 14.6. The van der Waals surface area contributed by atoms with Gasteiger partial charge in [-0.2, -0.15) is 8.42 Å². The summed E-state index contributed by atoms with van der Waals surface area (Å²) in [4.78, 5) is 11.4. The molecular formula is C18H21FN2O4S. The van der Waals surface area contributed by atoms with Crippen molar-refractivity contribution in [1.82, 2.24) is 4.72 Å². The molecule has 0 saturated carbocycles. The number of amides is 1. The molecule has 3 rings (SSSR count). The molecule has 1 fully saturated rings. The monoisotopic (exact) mass is 380 g/mol. The van der Waals surface area contributed by atoms with Crippen LogP contribution in [0.15, 0.2) is 24.3 Å². The number of rotatable bonds is 5. The molecule has 1 amide bonds. The van der Waals surface area contributed by atoms with Gasteiger partial charge in [0.2, 0.25) is 0 Å². The first-order valence-electron chi connectivity index (χ1n) is 8.46. The minimum absolute atomic E-state index is 0.217. The summed E-state index contributed by atoms with van der Waals surface area (Å²) >= 11 is 0. The average molecular weight is 380 g/mol. The van der Waals surface area contributed by atoms with Crippen molar-refractivity contribution in [3.05, 3.63) is 35.6 Å². The molecule has 2 aromatic rings. The number of phenolic OH excluding ortho intramolecular Hbond substituents is 1. The maximum Gasteiger partial charge on any atom is 0.326 e. The molecule has 0 spiro atoms. The summed E-state index contributed by atoms with van der Waals surface area (Å²) in [5.41, 5.74) is 0.433. The number of aryl methyl sites for hydroxylation is 1. The number of carbonyl (C=O) groups excluding carboxylic acids is 1. The molecule has 140 valence electrons. The van der Waals surface area contributed by atoms with Crippen molar-refractivity contribution in [3.63, 3.8) is 0 Å². The second-order valence-electron chi connectivity index (χ2n) is 6.94. The van der Waals surface area contributed by atoms with E-state index in [2.05, 4.69) is 13.8 Å². The Hall–Kier alpha value is -2.35. The van der Waals surface area contributed by atoms with Gasteiger partial charge in [-0.25, -0.2) is 13.4 Å². The summed E-state index contributed by atoms with van der Waals surface area (Å²) in [5.74, 6) is -1.57. The number of nitrogens with one attached hydrogen (secondary N) is 1. The van der Waals surface area contributed by atoms with E-state index >= 15 is 4.39 Å². The number of halogens is 1. The predicted octanol–water partition coefficient (Wildman–Crippen LogP) is 2.84. The fraction of sp³-hybridized carbons (Fsp3) is 0.389. The van der Waals surface area contributed by atoms with E-state index < -0.39 is 39.9 Å². The zero-order valence-corrected chi connectivity index (χ0v) is 15.4. The van der Waals surface area contributed by atoms with Crippen LogP contribution in [0.5, 0.6) is 5.75 Å². The molecule has 0 aromatic heterocycles. The third kappa shape index (κ3) is 3.46. The topological polar surface area (TPSA) is 86.7 Å². The summed E-state index contributed by atoms with van der Waals surface area (Å²) in [5, 5.41) is 10.8. The zero-order chi connectivity index (χ0) is 19.1. The van der Waals surface area contributed by atoms with E-state index in [-0.39, 0.29) is 5.39 Å². The van der Waals surface area contributed by atoms with Crippen molar-refractivity contribution in [2.45, 2.75) is 33.1 Å². The lowest BCUT2D eigenvalue weighted by atomic mass is 9.99. The van der Waals surface area contributed by atoms with Crippen LogP contribution >= 0.6 is 0 Å². The number of fused-ring (bicyclic) bond motifs is 1. The largest absolute Gasteiger partial charge is 0.506 e. The van der Waals surface area contributed by atoms with Crippen LogP contribution in [-0.2, 0) is 21.4 Å². The number of aromatic hydroxyl groups is 1. The van der Waals surface area contributed by atoms with E-state index in [9.17, 15) is 18.3 Å². The van der Waals surface area contributed by atoms with Gasteiger partial charge in [-0.05, 0) is 41.8 Å². The molecule has 6 nitrogen and oxygen atoms in total. The highest BCUT2D eigenvalue weighted by molar-refractivity contribution is 7.92. The van der Waals surface area contributed by atoms with Crippen LogP contribution in [0.25, 0.3) is 10.8 Å². The number of benzene rings is 2. The summed E-state index contributed by atoms with van der Waals surface area (Å²) in [6.45, 7) is 3.72. The highest BCUT2D eigenvalue weighted by Crippen LogP contribution is 2.38. The van der Waals surface area contributed by atoms with Gasteiger partial charge in [0, 0.05) is 5.39 Å². The van der Waals surface area contributed by atoms with Gasteiger partial charge in [-0.1, -0.05) is 32.4 Å². The van der Waals surface area contributed by atoms with Crippen LogP contribution in [0.2, 0.25) is 0 Å². The van der Waals surface area contributed by atoms with E-state index in [0.717, 1.165) is 24.8 Å². The molecule has 0 unspecified atom stereocenters. The van der Waals surface area contributed by atoms with E-state index in [1.165, 1.54) is 6.07 Å². The van der Waals surface area contributed by atoms with Crippen LogP contribution in [0.3, 0.4) is 0 Å². The van der Waals surface area contributed by atoms with Crippen molar-refractivity contribution in [2.24, 2.45) is 5.92 Å². The maximum atomic E-state index is 15.1. The van der Waals surface area contributed by atoms with E-state index in [0.29, 0.717) is 15.6 Å². The number of anilines is 1. The molecule has 0 atom stereocenters. The molecular weight excluding hydrogens is 359 g/mol. The highest BCUT2D eigenvalue weighted by Gasteiger charge is 2.37. The Labute approximate surface area is 151 Å². The first kappa shape index (κ1) is 18.4. The lowest BCUT2D eigenvalue weighted by Gasteiger charge is -2.18. The highest BCUT2D eigenvalue weighted by atomic mass is 32.2. The molecule has 8 heteroatoms. The Bertz CT molecular complexity index is 973. The van der Waals surface area contributed by atoms with Gasteiger partial charge in [0.25, 0.3) is 5.91 Å². The molecule has 1 aliphatic rings. The second-order valence-corrected chi connectivity index (χ2v) is 8.53. The van der Waals surface area contributed by atoms with Gasteiger partial charge in [0.15, 0.2) is 5.82 Å². The van der Waals surface area contributed by atoms with Crippen LogP contribution in [0, 0.1) is 11.7 Å². The molecule has 2 aromatic carbocycles. The normalized spacial score (nSPS) is 16.5. The van der Waals surface area contributed by atoms with Crippen LogP contribution in [-0.4, -0.2) is 26.0 Å². The quantitative estimate of drug-likeness (QED) is 0.835. The van der Waals surface area contributed by atoms with Crippen LogP contribution in [0.1, 0.15) is 32.3 Å². The fourth-order valence-corrected chi connectivity index (χ4v) is 4.29. The lowest BCUT2D eigenvalue weighted by Crippen LogP contribution is -2.30. The minimum atomic E-state index is -4.20. The third-order valence-corrected chi connectivity index (χ3v) is 5.79. The van der Waals surface area contributed by atoms with Gasteiger partial charge in [0.05, 0.1) is 0 Å². The predicted molar refractivity (Wildman–Crippen MR) is 97.8 cm³/mol. The van der Waals surface area contributed by atoms with Crippen LogP contribution < -0.4 is 9.03 Å². The van der Waals surface area contributed by atoms with Crippen molar-refractivity contribution >= 4 is 32.6 Å². The summed E-state index contributed by atoms with van der Waals surface area (Å²) in [7, 11) is -4.20. The molecule has 0 radical (unpaired) electrons. The van der Waals surface area contributed by atoms with Gasteiger partial charge < -0.3 is 5.11 Å². The van der Waals surface area contributed by atoms with Gasteiger partial charge in [-0.3, -0.25) is 4.79 Å². The smallest absolute Gasteiger partial charge is 0.326 e. The molecule has 0 aliphatic carbocycles. The first-order valence-corrected chi connectivity index (χ1v) is 9.90. The van der Waals surface area contributed by atoms with Gasteiger partial charge in [-0.15, -0.1) is 0 Å². The Morgan fingerprint density at radius 3 is 2.65 bits per heavy atom. The summed E-state index contributed by atoms with van der Waals surface area (Å²) in [6.07, 6.45) is 2.81. The van der Waals surface area contributed by atoms with Gasteiger partial charge in [0.1, 0.15) is 18.0 Å². The SMILES string of the molecule is CC(C)CCCc1ccc2cc(O)c(N3CC(=O)NS3(=O)=O)c(F)c2c1. The molecule has 2 N–H and O–H groups in total. The van der Waals surface area contributed by atoms with Crippen molar-refractivity contribution in [2.75, 3.05) is 10.8 Å². The Morgan fingerprint density at radius 1 is 1.31 bits per heavy atom. The van der Waals surface area contributed by atoms with Crippen molar-refractivity contribution < 1.29 is 22.7 Å². The van der Waals surface area contributed by atoms with E-state index in [1.54, 1.807) is 16.9 Å². The fourth-order valence-electron chi connectivity index (χ4n) is 3.13. The first-order chi connectivity index (χ1) is 12.2. The third-order valence-electron chi connectivity index (χ3n) is 4.41. The summed E-state index contributed by atoms with van der Waals surface area (Å²) < 4.78 is 41.4. The Morgan fingerprint density at radius 2 is 2.04 bits per heavy atom. The van der Waals surface area contributed by atoms with E-state index in [4.69, 9.17) is 0 Å². The lowest BCUT2D eigenvalue weighted by molar-refractivity contribution is -0.117. The van der Waals surface area contributed by atoms with Crippen molar-refractivity contribution in [3.8, 4) is 5.75 Å². The average Bonchev–Trinajstić information content (AvgIpc) is 2.80. The molecule has 1 heterocycles. The molecule has 1 saturated heterocycles. The number of hydrogen-bond acceptors (Lipinski definition) is 4. The standard InChI is InChI=1S/C18H21FN2O4S/c1-11(2)4-3-5-12-6-7-13-9-15(22)18(17(19)14(13)8-12)21-10-16(23)20-26(21,24)25/h6-9,11,22H,3-5,10H2,1-2H3,(H,20,23). The van der Waals surface area contributed by atoms with E-state index in [1.807, 2.05) is 6.07 Å². The van der Waals surface area contributed by atoms with Crippen LogP contribution in [0.4, 0.5) is 10.1 Å². The summed E-state index contributed by atoms with van der Waals surface area (Å²) in [6, 6.07) is 6.56. The molecule has 26 heavy (non-hydrogen) atoms. The van der Waals surface area contributed by atoms with Crippen molar-refractivity contribution in [1.29, 1.82) is 0 Å². The molecule has 1 aliphatic heterocycles. The minimum Gasteiger partial charge on any atom is -0.506 e. The Balaban J connectivity index is 2.04. The Kier molecular flexibility index (Phi) is 4.79. The number of nitrogens with zero attached hydrogens (tertiary/aromatic N) is 1. The number of carbonyl (C=O) groups is 1. The maximum absolute atomic E-state index is 15.1. The number of phenols is 1. The van der Waals surface area contributed by atoms with Gasteiger partial charge >= 0.3 is 10.2 Å². The number of hydrogen-bond donors (Lipinski definition) is 2. The molecule has 0 bridgehead atoms.